The maximum Gasteiger partial charge on any atom is 0.253 e. The minimum atomic E-state index is 0.0319. The topological polar surface area (TPSA) is 74.4 Å². The molecule has 0 aliphatic carbocycles. The summed E-state index contributed by atoms with van der Waals surface area (Å²) in [5, 5.41) is 8.96. The zero-order chi connectivity index (χ0) is 24.2. The van der Waals surface area contributed by atoms with Gasteiger partial charge >= 0.3 is 0 Å². The van der Waals surface area contributed by atoms with Crippen molar-refractivity contribution in [3.8, 4) is 11.8 Å². The second kappa shape index (κ2) is 10.5. The monoisotopic (exact) mass is 471 g/mol. The summed E-state index contributed by atoms with van der Waals surface area (Å²) >= 11 is 0. The highest BCUT2D eigenvalue weighted by Crippen LogP contribution is 2.29. The molecule has 7 heteroatoms. The summed E-state index contributed by atoms with van der Waals surface area (Å²) < 4.78 is 8.27. The van der Waals surface area contributed by atoms with Crippen molar-refractivity contribution in [2.75, 3.05) is 32.8 Å². The molecule has 5 rings (SSSR count). The molecular formula is C28H33N5O2. The molecule has 0 radical (unpaired) electrons. The van der Waals surface area contributed by atoms with E-state index in [0.717, 1.165) is 49.2 Å². The van der Waals surface area contributed by atoms with Gasteiger partial charge in [0.25, 0.3) is 5.91 Å². The Balaban J connectivity index is 1.15. The van der Waals surface area contributed by atoms with Crippen LogP contribution in [-0.4, -0.2) is 64.1 Å². The molecule has 3 heterocycles. The fourth-order valence-electron chi connectivity index (χ4n) is 5.39. The van der Waals surface area contributed by atoms with Gasteiger partial charge in [0.15, 0.2) is 0 Å². The first-order valence-corrected chi connectivity index (χ1v) is 12.8. The Morgan fingerprint density at radius 2 is 1.91 bits per heavy atom. The highest BCUT2D eigenvalue weighted by molar-refractivity contribution is 5.94. The average molecular weight is 472 g/mol. The van der Waals surface area contributed by atoms with Crippen molar-refractivity contribution in [1.82, 2.24) is 19.4 Å². The van der Waals surface area contributed by atoms with Gasteiger partial charge in [-0.1, -0.05) is 0 Å². The Hall–Kier alpha value is -3.37. The number of rotatable bonds is 7. The zero-order valence-electron chi connectivity index (χ0n) is 20.4. The van der Waals surface area contributed by atoms with Crippen molar-refractivity contribution in [2.24, 2.45) is 0 Å². The fraction of sp³-hybridized carbons (Fsp3) is 0.464. The SMILES string of the molecule is C[C@@H]1CCCN1CCCOc1ccc2c(c1)ncn2C1CCN(C(=O)c2ccc(C#N)cc2)CC1. The van der Waals surface area contributed by atoms with Crippen LogP contribution in [0, 0.1) is 11.3 Å². The third kappa shape index (κ3) is 5.18. The maximum absolute atomic E-state index is 12.8. The molecule has 35 heavy (non-hydrogen) atoms. The molecule has 3 aromatic rings. The molecule has 2 saturated heterocycles. The third-order valence-corrected chi connectivity index (χ3v) is 7.50. The predicted octanol–water partition coefficient (Wildman–Crippen LogP) is 4.64. The summed E-state index contributed by atoms with van der Waals surface area (Å²) in [5.74, 6) is 0.907. The molecule has 2 aliphatic rings. The molecule has 0 spiro atoms. The molecular weight excluding hydrogens is 438 g/mol. The van der Waals surface area contributed by atoms with Crippen LogP contribution in [0.15, 0.2) is 48.8 Å². The van der Waals surface area contributed by atoms with Gasteiger partial charge in [-0.15, -0.1) is 0 Å². The van der Waals surface area contributed by atoms with E-state index in [0.29, 0.717) is 36.3 Å². The minimum Gasteiger partial charge on any atom is -0.493 e. The van der Waals surface area contributed by atoms with E-state index >= 15 is 0 Å². The van der Waals surface area contributed by atoms with Crippen molar-refractivity contribution >= 4 is 16.9 Å². The molecule has 2 fully saturated rings. The van der Waals surface area contributed by atoms with E-state index in [2.05, 4.69) is 33.5 Å². The van der Waals surface area contributed by atoms with Gasteiger partial charge in [0.2, 0.25) is 0 Å². The summed E-state index contributed by atoms with van der Waals surface area (Å²) in [7, 11) is 0. The average Bonchev–Trinajstić information content (AvgIpc) is 3.52. The van der Waals surface area contributed by atoms with Crippen LogP contribution < -0.4 is 4.74 Å². The van der Waals surface area contributed by atoms with Crippen LogP contribution >= 0.6 is 0 Å². The number of hydrogen-bond acceptors (Lipinski definition) is 5. The van der Waals surface area contributed by atoms with Crippen LogP contribution in [0.25, 0.3) is 11.0 Å². The van der Waals surface area contributed by atoms with E-state index < -0.39 is 0 Å². The molecule has 7 nitrogen and oxygen atoms in total. The summed E-state index contributed by atoms with van der Waals surface area (Å²) in [4.78, 5) is 22.0. The molecule has 2 aromatic carbocycles. The smallest absolute Gasteiger partial charge is 0.253 e. The summed E-state index contributed by atoms with van der Waals surface area (Å²) in [5.41, 5.74) is 3.27. The number of imidazole rings is 1. The van der Waals surface area contributed by atoms with Crippen molar-refractivity contribution in [3.63, 3.8) is 0 Å². The van der Waals surface area contributed by atoms with Gasteiger partial charge < -0.3 is 19.1 Å². The summed E-state index contributed by atoms with van der Waals surface area (Å²) in [6.07, 6.45) is 7.37. The van der Waals surface area contributed by atoms with Crippen LogP contribution in [-0.2, 0) is 0 Å². The number of ether oxygens (including phenoxy) is 1. The molecule has 0 bridgehead atoms. The summed E-state index contributed by atoms with van der Waals surface area (Å²) in [6.45, 7) is 6.77. The number of nitrogens with zero attached hydrogens (tertiary/aromatic N) is 5. The van der Waals surface area contributed by atoms with E-state index in [1.807, 2.05) is 23.4 Å². The number of carbonyl (C=O) groups excluding carboxylic acids is 1. The number of benzene rings is 2. The zero-order valence-corrected chi connectivity index (χ0v) is 20.4. The normalized spacial score (nSPS) is 19.2. The first-order valence-electron chi connectivity index (χ1n) is 12.8. The number of nitriles is 1. The standard InChI is InChI=1S/C28H33N5O2/c1-21-4-2-13-31(21)14-3-17-35-25-9-10-27-26(18-25)30-20-33(27)24-11-15-32(16-12-24)28(34)23-7-5-22(19-29)6-8-23/h5-10,18,20-21,24H,2-4,11-17H2,1H3/t21-/m1/s1. The minimum absolute atomic E-state index is 0.0319. The van der Waals surface area contributed by atoms with Crippen LogP contribution in [0.2, 0.25) is 0 Å². The van der Waals surface area contributed by atoms with E-state index in [4.69, 9.17) is 10.00 Å². The summed E-state index contributed by atoms with van der Waals surface area (Å²) in [6, 6.07) is 16.2. The lowest BCUT2D eigenvalue weighted by atomic mass is 10.0. The third-order valence-electron chi connectivity index (χ3n) is 7.50. The van der Waals surface area contributed by atoms with Gasteiger partial charge in [-0.3, -0.25) is 4.79 Å². The number of piperidine rings is 1. The molecule has 1 amide bonds. The first-order chi connectivity index (χ1) is 17.1. The number of hydrogen-bond donors (Lipinski definition) is 0. The Morgan fingerprint density at radius 3 is 2.63 bits per heavy atom. The molecule has 1 aromatic heterocycles. The number of carbonyl (C=O) groups is 1. The number of fused-ring (bicyclic) bond motifs is 1. The van der Waals surface area contributed by atoms with Crippen LogP contribution in [0.4, 0.5) is 0 Å². The van der Waals surface area contributed by atoms with Crippen molar-refractivity contribution in [1.29, 1.82) is 5.26 Å². The molecule has 1 atom stereocenters. The van der Waals surface area contributed by atoms with Crippen molar-refractivity contribution in [3.05, 3.63) is 59.9 Å². The van der Waals surface area contributed by atoms with Gasteiger partial charge in [0.05, 0.1) is 35.6 Å². The Kier molecular flexibility index (Phi) is 7.01. The fourth-order valence-corrected chi connectivity index (χ4v) is 5.39. The lowest BCUT2D eigenvalue weighted by Gasteiger charge is -2.33. The molecule has 182 valence electrons. The Morgan fingerprint density at radius 1 is 1.11 bits per heavy atom. The van der Waals surface area contributed by atoms with Crippen LogP contribution in [0.5, 0.6) is 5.75 Å². The van der Waals surface area contributed by atoms with Crippen molar-refractivity contribution < 1.29 is 9.53 Å². The largest absolute Gasteiger partial charge is 0.493 e. The highest BCUT2D eigenvalue weighted by Gasteiger charge is 2.25. The molecule has 0 N–H and O–H groups in total. The first kappa shape index (κ1) is 23.4. The Bertz CT molecular complexity index is 1200. The van der Waals surface area contributed by atoms with Gasteiger partial charge in [0, 0.05) is 43.3 Å². The van der Waals surface area contributed by atoms with E-state index in [-0.39, 0.29) is 5.91 Å². The Labute approximate surface area is 206 Å². The van der Waals surface area contributed by atoms with Crippen LogP contribution in [0.3, 0.4) is 0 Å². The second-order valence-corrected chi connectivity index (χ2v) is 9.74. The second-order valence-electron chi connectivity index (χ2n) is 9.74. The molecule has 0 unspecified atom stereocenters. The van der Waals surface area contributed by atoms with Gasteiger partial charge in [0.1, 0.15) is 5.75 Å². The lowest BCUT2D eigenvalue weighted by molar-refractivity contribution is 0.0696. The van der Waals surface area contributed by atoms with Crippen LogP contribution in [0.1, 0.15) is 61.0 Å². The van der Waals surface area contributed by atoms with E-state index in [9.17, 15) is 4.79 Å². The van der Waals surface area contributed by atoms with Crippen molar-refractivity contribution in [2.45, 2.75) is 51.1 Å². The molecule has 2 aliphatic heterocycles. The van der Waals surface area contributed by atoms with Gasteiger partial charge in [-0.25, -0.2) is 4.98 Å². The van der Waals surface area contributed by atoms with Gasteiger partial charge in [-0.2, -0.15) is 5.26 Å². The number of amides is 1. The lowest BCUT2D eigenvalue weighted by Crippen LogP contribution is -2.39. The van der Waals surface area contributed by atoms with E-state index in [1.165, 1.54) is 19.4 Å². The number of likely N-dealkylation sites (tertiary alicyclic amines) is 2. The molecule has 0 saturated carbocycles. The quantitative estimate of drug-likeness (QED) is 0.470. The highest BCUT2D eigenvalue weighted by atomic mass is 16.5. The maximum atomic E-state index is 12.8. The van der Waals surface area contributed by atoms with E-state index in [1.54, 1.807) is 24.3 Å². The number of aromatic nitrogens is 2. The van der Waals surface area contributed by atoms with Gasteiger partial charge in [-0.05, 0) is 82.0 Å². The predicted molar refractivity (Wildman–Crippen MR) is 135 cm³/mol.